The van der Waals surface area contributed by atoms with E-state index in [-0.39, 0.29) is 11.3 Å². The van der Waals surface area contributed by atoms with Gasteiger partial charge in [-0.3, -0.25) is 4.79 Å². The number of carbonyl (C=O) groups is 1. The zero-order chi connectivity index (χ0) is 15.5. The molecule has 116 valence electrons. The van der Waals surface area contributed by atoms with E-state index in [0.29, 0.717) is 11.6 Å². The minimum absolute atomic E-state index is 0.0319. The molecule has 0 aromatic carbocycles. The third kappa shape index (κ3) is 2.95. The van der Waals surface area contributed by atoms with Gasteiger partial charge in [-0.05, 0) is 25.5 Å². The maximum absolute atomic E-state index is 12.8. The Bertz CT molecular complexity index is 510. The van der Waals surface area contributed by atoms with Gasteiger partial charge in [0.2, 0.25) is 11.8 Å². The monoisotopic (exact) mass is 292 g/mol. The number of amides is 1. The summed E-state index contributed by atoms with van der Waals surface area (Å²) in [6.07, 6.45) is 3.34. The van der Waals surface area contributed by atoms with Gasteiger partial charge in [-0.1, -0.05) is 6.92 Å². The van der Waals surface area contributed by atoms with Crippen LogP contribution in [0.3, 0.4) is 0 Å². The number of hydrogen-bond donors (Lipinski definition) is 2. The van der Waals surface area contributed by atoms with Gasteiger partial charge in [0.1, 0.15) is 5.69 Å². The van der Waals surface area contributed by atoms with E-state index in [9.17, 15) is 4.79 Å². The molecule has 2 heterocycles. The Morgan fingerprint density at radius 1 is 1.57 bits per heavy atom. The number of aromatic nitrogens is 1. The SMILES string of the molecule is CCC1(C(=O)Nc2c(N(C)C)ccnc2OC)CCNC1. The van der Waals surface area contributed by atoms with Gasteiger partial charge < -0.3 is 20.3 Å². The van der Waals surface area contributed by atoms with Crippen LogP contribution in [0.2, 0.25) is 0 Å². The van der Waals surface area contributed by atoms with Crippen molar-refractivity contribution >= 4 is 17.3 Å². The number of nitrogens with one attached hydrogen (secondary N) is 2. The molecule has 21 heavy (non-hydrogen) atoms. The van der Waals surface area contributed by atoms with Crippen LogP contribution in [0, 0.1) is 5.41 Å². The molecule has 6 heteroatoms. The van der Waals surface area contributed by atoms with Crippen LogP contribution in [-0.2, 0) is 4.79 Å². The van der Waals surface area contributed by atoms with E-state index in [4.69, 9.17) is 4.74 Å². The largest absolute Gasteiger partial charge is 0.479 e. The second-order valence-corrected chi connectivity index (χ2v) is 5.62. The van der Waals surface area contributed by atoms with Crippen LogP contribution in [0.4, 0.5) is 11.4 Å². The molecule has 1 aliphatic rings. The summed E-state index contributed by atoms with van der Waals surface area (Å²) in [6.45, 7) is 3.65. The molecule has 6 nitrogen and oxygen atoms in total. The molecule has 0 spiro atoms. The van der Waals surface area contributed by atoms with Gasteiger partial charge in [0.15, 0.2) is 0 Å². The van der Waals surface area contributed by atoms with Gasteiger partial charge in [0, 0.05) is 26.8 Å². The third-order valence-corrected chi connectivity index (χ3v) is 4.21. The fourth-order valence-electron chi connectivity index (χ4n) is 2.72. The molecular weight excluding hydrogens is 268 g/mol. The van der Waals surface area contributed by atoms with Crippen LogP contribution in [0.25, 0.3) is 0 Å². The van der Waals surface area contributed by atoms with E-state index in [1.165, 1.54) is 0 Å². The van der Waals surface area contributed by atoms with E-state index in [1.807, 2.05) is 25.1 Å². The lowest BCUT2D eigenvalue weighted by atomic mass is 9.83. The van der Waals surface area contributed by atoms with Crippen LogP contribution in [0.15, 0.2) is 12.3 Å². The fourth-order valence-corrected chi connectivity index (χ4v) is 2.72. The number of rotatable bonds is 5. The molecule has 1 amide bonds. The van der Waals surface area contributed by atoms with Crippen molar-refractivity contribution in [2.24, 2.45) is 5.41 Å². The molecule has 2 N–H and O–H groups in total. The molecule has 1 unspecified atom stereocenters. The Morgan fingerprint density at radius 2 is 2.33 bits per heavy atom. The van der Waals surface area contributed by atoms with Crippen molar-refractivity contribution in [1.82, 2.24) is 10.3 Å². The first-order chi connectivity index (χ1) is 10.0. The van der Waals surface area contributed by atoms with Crippen LogP contribution < -0.4 is 20.3 Å². The Morgan fingerprint density at radius 3 is 2.86 bits per heavy atom. The Kier molecular flexibility index (Phi) is 4.67. The predicted molar refractivity (Wildman–Crippen MR) is 84.0 cm³/mol. The summed E-state index contributed by atoms with van der Waals surface area (Å²) in [4.78, 5) is 18.9. The van der Waals surface area contributed by atoms with Gasteiger partial charge in [-0.2, -0.15) is 0 Å². The van der Waals surface area contributed by atoms with Crippen molar-refractivity contribution in [3.05, 3.63) is 12.3 Å². The van der Waals surface area contributed by atoms with Crippen molar-refractivity contribution in [3.63, 3.8) is 0 Å². The van der Waals surface area contributed by atoms with Crippen LogP contribution in [-0.4, -0.2) is 45.2 Å². The van der Waals surface area contributed by atoms with Gasteiger partial charge in [0.25, 0.3) is 0 Å². The smallest absolute Gasteiger partial charge is 0.239 e. The number of hydrogen-bond acceptors (Lipinski definition) is 5. The van der Waals surface area contributed by atoms with E-state index in [1.54, 1.807) is 13.3 Å². The number of methoxy groups -OCH3 is 1. The zero-order valence-electron chi connectivity index (χ0n) is 13.2. The molecule has 0 aliphatic carbocycles. The highest BCUT2D eigenvalue weighted by molar-refractivity contribution is 5.99. The first-order valence-electron chi connectivity index (χ1n) is 7.26. The second-order valence-electron chi connectivity index (χ2n) is 5.62. The highest BCUT2D eigenvalue weighted by Gasteiger charge is 2.40. The summed E-state index contributed by atoms with van der Waals surface area (Å²) in [5.41, 5.74) is 1.17. The summed E-state index contributed by atoms with van der Waals surface area (Å²) in [5.74, 6) is 0.469. The summed E-state index contributed by atoms with van der Waals surface area (Å²) in [6, 6.07) is 1.86. The summed E-state index contributed by atoms with van der Waals surface area (Å²) < 4.78 is 5.30. The number of pyridine rings is 1. The van der Waals surface area contributed by atoms with Crippen LogP contribution >= 0.6 is 0 Å². The first-order valence-corrected chi connectivity index (χ1v) is 7.26. The highest BCUT2D eigenvalue weighted by Crippen LogP contribution is 2.36. The Hall–Kier alpha value is -1.82. The van der Waals surface area contributed by atoms with E-state index in [0.717, 1.165) is 31.6 Å². The number of carbonyl (C=O) groups excluding carboxylic acids is 1. The standard InChI is InChI=1S/C15H24N4O2/c1-5-15(7-9-16-10-15)14(20)18-12-11(19(2)3)6-8-17-13(12)21-4/h6,8,16H,5,7,9-10H2,1-4H3,(H,18,20). The van der Waals surface area contributed by atoms with E-state index in [2.05, 4.69) is 22.5 Å². The summed E-state index contributed by atoms with van der Waals surface area (Å²) in [5, 5.41) is 6.32. The van der Waals surface area contributed by atoms with Crippen molar-refractivity contribution < 1.29 is 9.53 Å². The zero-order valence-corrected chi connectivity index (χ0v) is 13.2. The van der Waals surface area contributed by atoms with Crippen molar-refractivity contribution in [1.29, 1.82) is 0 Å². The first kappa shape index (κ1) is 15.6. The molecule has 0 bridgehead atoms. The van der Waals surface area contributed by atoms with Gasteiger partial charge in [-0.15, -0.1) is 0 Å². The molecule has 1 aliphatic heterocycles. The molecule has 1 saturated heterocycles. The van der Waals surface area contributed by atoms with Crippen LogP contribution in [0.1, 0.15) is 19.8 Å². The molecule has 1 aromatic heterocycles. The topological polar surface area (TPSA) is 66.5 Å². The minimum atomic E-state index is -0.343. The molecule has 1 fully saturated rings. The van der Waals surface area contributed by atoms with Crippen molar-refractivity contribution in [3.8, 4) is 5.88 Å². The Balaban J connectivity index is 2.32. The van der Waals surface area contributed by atoms with Crippen LogP contribution in [0.5, 0.6) is 5.88 Å². The molecule has 1 aromatic rings. The summed E-state index contributed by atoms with van der Waals surface area (Å²) in [7, 11) is 5.42. The lowest BCUT2D eigenvalue weighted by Crippen LogP contribution is -2.38. The molecule has 2 rings (SSSR count). The average Bonchev–Trinajstić information content (AvgIpc) is 2.97. The lowest BCUT2D eigenvalue weighted by molar-refractivity contribution is -0.124. The predicted octanol–water partition coefficient (Wildman–Crippen LogP) is 1.48. The number of anilines is 2. The number of nitrogens with zero attached hydrogens (tertiary/aromatic N) is 2. The minimum Gasteiger partial charge on any atom is -0.479 e. The van der Waals surface area contributed by atoms with Gasteiger partial charge in [0.05, 0.1) is 18.2 Å². The van der Waals surface area contributed by atoms with Gasteiger partial charge >= 0.3 is 0 Å². The normalized spacial score (nSPS) is 21.1. The van der Waals surface area contributed by atoms with E-state index >= 15 is 0 Å². The van der Waals surface area contributed by atoms with E-state index < -0.39 is 0 Å². The fraction of sp³-hybridized carbons (Fsp3) is 0.600. The van der Waals surface area contributed by atoms with Gasteiger partial charge in [-0.25, -0.2) is 4.98 Å². The second kappa shape index (κ2) is 6.30. The molecule has 1 atom stereocenters. The lowest BCUT2D eigenvalue weighted by Gasteiger charge is -2.27. The maximum atomic E-state index is 12.8. The molecule has 0 radical (unpaired) electrons. The number of ether oxygens (including phenoxy) is 1. The maximum Gasteiger partial charge on any atom is 0.239 e. The quantitative estimate of drug-likeness (QED) is 0.860. The third-order valence-electron chi connectivity index (χ3n) is 4.21. The Labute approximate surface area is 125 Å². The summed E-state index contributed by atoms with van der Waals surface area (Å²) >= 11 is 0. The molecule has 0 saturated carbocycles. The van der Waals surface area contributed by atoms with Crippen molar-refractivity contribution in [2.45, 2.75) is 19.8 Å². The molecular formula is C15H24N4O2. The average molecular weight is 292 g/mol. The highest BCUT2D eigenvalue weighted by atomic mass is 16.5. The van der Waals surface area contributed by atoms with Crippen molar-refractivity contribution in [2.75, 3.05) is 44.5 Å².